The first-order chi connectivity index (χ1) is 17.1. The van der Waals surface area contributed by atoms with Crippen molar-refractivity contribution in [2.75, 3.05) is 31.2 Å². The highest BCUT2D eigenvalue weighted by Crippen LogP contribution is 2.38. The Balaban J connectivity index is 1.32. The van der Waals surface area contributed by atoms with Crippen LogP contribution in [-0.4, -0.2) is 63.3 Å². The lowest BCUT2D eigenvalue weighted by atomic mass is 9.89. The van der Waals surface area contributed by atoms with Crippen LogP contribution in [0.4, 0.5) is 5.82 Å². The van der Waals surface area contributed by atoms with Gasteiger partial charge in [-0.3, -0.25) is 4.79 Å². The molecule has 5 rings (SSSR count). The SMILES string of the molecule is C[C@H](CO)NC(=O)c1cc(N2CCC(c3c[nH]c4ncccc34)CC2)nc(OC[C@H]2CC2C#N)n1. The summed E-state index contributed by atoms with van der Waals surface area (Å²) in [5.74, 6) is 0.865. The number of nitrogens with zero attached hydrogens (tertiary/aromatic N) is 5. The van der Waals surface area contributed by atoms with Crippen molar-refractivity contribution in [1.29, 1.82) is 5.26 Å². The maximum Gasteiger partial charge on any atom is 0.319 e. The number of H-pyrrole nitrogens is 1. The molecule has 1 unspecified atom stereocenters. The fourth-order valence-corrected chi connectivity index (χ4v) is 4.61. The lowest BCUT2D eigenvalue weighted by Gasteiger charge is -2.33. The molecule has 3 N–H and O–H groups in total. The minimum absolute atomic E-state index is 0.0186. The van der Waals surface area contributed by atoms with E-state index in [2.05, 4.69) is 48.5 Å². The number of fused-ring (bicyclic) bond motifs is 1. The molecule has 0 spiro atoms. The molecule has 1 aliphatic carbocycles. The van der Waals surface area contributed by atoms with Gasteiger partial charge in [0.2, 0.25) is 0 Å². The zero-order chi connectivity index (χ0) is 24.4. The van der Waals surface area contributed by atoms with Crippen molar-refractivity contribution < 1.29 is 14.6 Å². The number of ether oxygens (including phenoxy) is 1. The molecular formula is C25H29N7O3. The summed E-state index contributed by atoms with van der Waals surface area (Å²) in [6.45, 7) is 3.47. The van der Waals surface area contributed by atoms with Gasteiger partial charge in [-0.15, -0.1) is 0 Å². The van der Waals surface area contributed by atoms with E-state index in [-0.39, 0.29) is 36.1 Å². The smallest absolute Gasteiger partial charge is 0.319 e. The minimum Gasteiger partial charge on any atom is -0.463 e. The standard InChI is InChI=1S/C25H29N7O3/c1-15(13-33)29-24(34)21-10-22(31-25(30-21)35-14-18-9-17(18)11-26)32-7-4-16(5-8-32)20-12-28-23-19(20)3-2-6-27-23/h2-3,6,10,12,15-18,33H,4-5,7-9,13-14H2,1H3,(H,27,28)(H,29,34)/t15-,17?,18-/m1/s1. The van der Waals surface area contributed by atoms with Gasteiger partial charge in [0.05, 0.1) is 25.2 Å². The van der Waals surface area contributed by atoms with Crippen LogP contribution in [0.1, 0.15) is 48.2 Å². The Kier molecular flexibility index (Phi) is 6.51. The maximum absolute atomic E-state index is 12.7. The number of aromatic nitrogens is 4. The molecule has 2 fully saturated rings. The number of nitriles is 1. The average molecular weight is 476 g/mol. The van der Waals surface area contributed by atoms with Crippen LogP contribution in [0.25, 0.3) is 11.0 Å². The number of piperidine rings is 1. The van der Waals surface area contributed by atoms with E-state index in [0.29, 0.717) is 18.3 Å². The molecular weight excluding hydrogens is 446 g/mol. The summed E-state index contributed by atoms with van der Waals surface area (Å²) in [6, 6.07) is 7.73. The number of carbonyl (C=O) groups is 1. The third kappa shape index (κ3) is 5.05. The highest BCUT2D eigenvalue weighted by Gasteiger charge is 2.38. The van der Waals surface area contributed by atoms with Crippen molar-refractivity contribution in [3.8, 4) is 12.1 Å². The lowest BCUT2D eigenvalue weighted by molar-refractivity contribution is 0.0915. The number of hydrogen-bond acceptors (Lipinski definition) is 8. The van der Waals surface area contributed by atoms with Crippen molar-refractivity contribution in [3.63, 3.8) is 0 Å². The van der Waals surface area contributed by atoms with Gasteiger partial charge in [-0.05, 0) is 49.8 Å². The minimum atomic E-state index is -0.394. The normalized spacial score (nSPS) is 20.9. The van der Waals surface area contributed by atoms with Crippen LogP contribution < -0.4 is 15.0 Å². The summed E-state index contributed by atoms with van der Waals surface area (Å²) < 4.78 is 5.80. The zero-order valence-electron chi connectivity index (χ0n) is 19.6. The number of aromatic amines is 1. The molecule has 1 amide bonds. The van der Waals surface area contributed by atoms with Crippen LogP contribution in [-0.2, 0) is 0 Å². The summed E-state index contributed by atoms with van der Waals surface area (Å²) in [7, 11) is 0. The fraction of sp³-hybridized carbons (Fsp3) is 0.480. The van der Waals surface area contributed by atoms with E-state index in [9.17, 15) is 9.90 Å². The van der Waals surface area contributed by atoms with Crippen molar-refractivity contribution >= 4 is 22.8 Å². The molecule has 1 saturated heterocycles. The van der Waals surface area contributed by atoms with Gasteiger partial charge in [0.25, 0.3) is 5.91 Å². The molecule has 0 radical (unpaired) electrons. The van der Waals surface area contributed by atoms with E-state index in [1.807, 2.05) is 6.07 Å². The Morgan fingerprint density at radius 2 is 2.23 bits per heavy atom. The quantitative estimate of drug-likeness (QED) is 0.451. The molecule has 0 aromatic carbocycles. The van der Waals surface area contributed by atoms with E-state index < -0.39 is 6.04 Å². The molecule has 1 aliphatic heterocycles. The van der Waals surface area contributed by atoms with Crippen molar-refractivity contribution in [3.05, 3.63) is 41.9 Å². The molecule has 35 heavy (non-hydrogen) atoms. The van der Waals surface area contributed by atoms with Gasteiger partial charge >= 0.3 is 6.01 Å². The summed E-state index contributed by atoms with van der Waals surface area (Å²) >= 11 is 0. The molecule has 3 aromatic heterocycles. The number of nitrogens with one attached hydrogen (secondary N) is 2. The fourth-order valence-electron chi connectivity index (χ4n) is 4.61. The highest BCUT2D eigenvalue weighted by atomic mass is 16.5. The number of hydrogen-bond donors (Lipinski definition) is 3. The maximum atomic E-state index is 12.7. The van der Waals surface area contributed by atoms with E-state index in [4.69, 9.17) is 10.00 Å². The number of aliphatic hydroxyl groups is 1. The lowest BCUT2D eigenvalue weighted by Crippen LogP contribution is -2.36. The van der Waals surface area contributed by atoms with Crippen molar-refractivity contribution in [1.82, 2.24) is 25.3 Å². The molecule has 4 heterocycles. The van der Waals surface area contributed by atoms with Gasteiger partial charge in [-0.25, -0.2) is 4.98 Å². The predicted molar refractivity (Wildman–Crippen MR) is 129 cm³/mol. The second-order valence-electron chi connectivity index (χ2n) is 9.40. The number of carbonyl (C=O) groups excluding carboxylic acids is 1. The molecule has 0 bridgehead atoms. The number of rotatable bonds is 8. The van der Waals surface area contributed by atoms with Crippen LogP contribution in [0, 0.1) is 23.2 Å². The van der Waals surface area contributed by atoms with Crippen molar-refractivity contribution in [2.45, 2.75) is 38.1 Å². The van der Waals surface area contributed by atoms with Gasteiger partial charge in [-0.2, -0.15) is 15.2 Å². The summed E-state index contributed by atoms with van der Waals surface area (Å²) in [4.78, 5) is 31.5. The van der Waals surface area contributed by atoms with Crippen LogP contribution >= 0.6 is 0 Å². The Bertz CT molecular complexity index is 1250. The number of pyridine rings is 1. The second-order valence-corrected chi connectivity index (χ2v) is 9.40. The van der Waals surface area contributed by atoms with E-state index in [0.717, 1.165) is 43.4 Å². The number of amides is 1. The first-order valence-corrected chi connectivity index (χ1v) is 12.1. The van der Waals surface area contributed by atoms with E-state index in [1.165, 1.54) is 5.56 Å². The van der Waals surface area contributed by atoms with Crippen LogP contribution in [0.3, 0.4) is 0 Å². The Morgan fingerprint density at radius 3 is 2.97 bits per heavy atom. The molecule has 2 aliphatic rings. The van der Waals surface area contributed by atoms with Gasteiger partial charge < -0.3 is 25.0 Å². The van der Waals surface area contributed by atoms with Gasteiger partial charge in [0, 0.05) is 48.9 Å². The monoisotopic (exact) mass is 475 g/mol. The van der Waals surface area contributed by atoms with Crippen LogP contribution in [0.2, 0.25) is 0 Å². The second kappa shape index (κ2) is 9.88. The molecule has 1 saturated carbocycles. The topological polar surface area (TPSA) is 140 Å². The first-order valence-electron chi connectivity index (χ1n) is 12.1. The van der Waals surface area contributed by atoms with Gasteiger partial charge in [0.15, 0.2) is 0 Å². The van der Waals surface area contributed by atoms with Crippen LogP contribution in [0.15, 0.2) is 30.6 Å². The Morgan fingerprint density at radius 1 is 1.40 bits per heavy atom. The third-order valence-corrected chi connectivity index (χ3v) is 6.83. The number of aliphatic hydroxyl groups excluding tert-OH is 1. The zero-order valence-corrected chi connectivity index (χ0v) is 19.6. The van der Waals surface area contributed by atoms with Gasteiger partial charge in [0.1, 0.15) is 17.2 Å². The summed E-state index contributed by atoms with van der Waals surface area (Å²) in [6.07, 6.45) is 6.55. The first kappa shape index (κ1) is 23.1. The molecule has 10 nitrogen and oxygen atoms in total. The summed E-state index contributed by atoms with van der Waals surface area (Å²) in [5.41, 5.74) is 2.39. The van der Waals surface area contributed by atoms with E-state index >= 15 is 0 Å². The highest BCUT2D eigenvalue weighted by molar-refractivity contribution is 5.93. The van der Waals surface area contributed by atoms with Gasteiger partial charge in [-0.1, -0.05) is 0 Å². The number of anilines is 1. The average Bonchev–Trinajstić information content (AvgIpc) is 3.54. The molecule has 10 heteroatoms. The molecule has 182 valence electrons. The van der Waals surface area contributed by atoms with Crippen LogP contribution in [0.5, 0.6) is 6.01 Å². The van der Waals surface area contributed by atoms with Crippen molar-refractivity contribution in [2.24, 2.45) is 11.8 Å². The largest absolute Gasteiger partial charge is 0.463 e. The molecule has 3 atom stereocenters. The summed E-state index contributed by atoms with van der Waals surface area (Å²) in [5, 5.41) is 22.2. The molecule has 3 aromatic rings. The Labute approximate surface area is 203 Å². The Hall–Kier alpha value is -3.71. The predicted octanol–water partition coefficient (Wildman–Crippen LogP) is 2.39. The van der Waals surface area contributed by atoms with E-state index in [1.54, 1.807) is 19.2 Å². The third-order valence-electron chi connectivity index (χ3n) is 6.83.